The van der Waals surface area contributed by atoms with Gasteiger partial charge in [-0.15, -0.1) is 0 Å². The molecule has 1 saturated carbocycles. The minimum absolute atomic E-state index is 0.00983. The van der Waals surface area contributed by atoms with E-state index in [4.69, 9.17) is 16.3 Å². The molecule has 396 valence electrons. The van der Waals surface area contributed by atoms with Gasteiger partial charge in [0.1, 0.15) is 11.5 Å². The van der Waals surface area contributed by atoms with Gasteiger partial charge < -0.3 is 33.9 Å². The van der Waals surface area contributed by atoms with Crippen molar-refractivity contribution in [3.8, 4) is 11.5 Å². The molecule has 75 heavy (non-hydrogen) atoms. The summed E-state index contributed by atoms with van der Waals surface area (Å²) in [6.07, 6.45) is 9.38. The molecule has 0 amide bonds. The summed E-state index contributed by atoms with van der Waals surface area (Å²) in [5.74, 6) is 2.45. The summed E-state index contributed by atoms with van der Waals surface area (Å²) in [4.78, 5) is 62.6. The van der Waals surface area contributed by atoms with Crippen molar-refractivity contribution in [2.75, 3.05) is 20.8 Å². The first-order chi connectivity index (χ1) is 36.2. The van der Waals surface area contributed by atoms with E-state index in [0.29, 0.717) is 65.0 Å². The van der Waals surface area contributed by atoms with Crippen LogP contribution in [0.4, 0.5) is 0 Å². The zero-order chi connectivity index (χ0) is 53.5. The van der Waals surface area contributed by atoms with Crippen molar-refractivity contribution < 1.29 is 44.3 Å². The van der Waals surface area contributed by atoms with Gasteiger partial charge in [0.05, 0.1) is 36.9 Å². The Balaban J connectivity index is 0.000000189. The first kappa shape index (κ1) is 54.5. The molecule has 0 radical (unpaired) electrons. The monoisotopic (exact) mass is 1200 g/mol. The van der Waals surface area contributed by atoms with Crippen molar-refractivity contribution in [1.29, 1.82) is 0 Å². The van der Waals surface area contributed by atoms with Crippen LogP contribution in [0.1, 0.15) is 131 Å². The molecule has 8 aromatic rings. The average Bonchev–Trinajstić information content (AvgIpc) is 3.89. The molecule has 5 aromatic heterocycles. The summed E-state index contributed by atoms with van der Waals surface area (Å²) in [6, 6.07) is 31.1. The van der Waals surface area contributed by atoms with Crippen LogP contribution in [0.5, 0.6) is 11.5 Å². The molecule has 5 atom stereocenters. The standard InChI is InChI=1S/C30H39N3O3.C30H29N3O3.2O.Pt/c2*1-18-17-28(36-4)24(30(35)32-18)13-14-27(34)29-20(3)33(26-12-8-6-10-23(26)29)19(2)21-15-16-31-25-11-7-5-9-22(21)25;;;/h6,8,10,12,17,19,21-22,25,31H,5,7,9,11,13-16H2,1-4H3,(H,32,35);5-12,15-17,19H,13-14H2,1-4H3,(H,32,35);;;. The number of ether oxygens (including phenoxy) is 2. The number of para-hydroxylation sites is 3. The number of nitrogens with one attached hydrogen (secondary N) is 3. The van der Waals surface area contributed by atoms with Crippen LogP contribution >= 0.6 is 0 Å². The molecular weight excluding hydrogens is 1130 g/mol. The van der Waals surface area contributed by atoms with E-state index in [-0.39, 0.29) is 41.6 Å². The fraction of sp³-hybridized carbons (Fsp3) is 0.383. The number of hydrogen-bond acceptors (Lipinski definition) is 10. The number of hydrogen-bond donors (Lipinski definition) is 3. The number of pyridine rings is 3. The molecule has 0 spiro atoms. The third-order valence-electron chi connectivity index (χ3n) is 15.8. The van der Waals surface area contributed by atoms with Crippen molar-refractivity contribution in [3.05, 3.63) is 168 Å². The van der Waals surface area contributed by atoms with E-state index >= 15 is 0 Å². The molecule has 3 N–H and O–H groups in total. The molecule has 3 aromatic carbocycles. The van der Waals surface area contributed by atoms with Crippen molar-refractivity contribution >= 4 is 44.3 Å². The number of methoxy groups -OCH3 is 2. The molecular formula is C60H68N6O8Pt. The van der Waals surface area contributed by atoms with E-state index < -0.39 is 18.5 Å². The number of fused-ring (bicyclic) bond motifs is 4. The fourth-order valence-corrected chi connectivity index (χ4v) is 12.4. The topological polar surface area (TPSA) is 187 Å². The SMILES string of the molecule is COc1cc(C)[nH]c(=O)c1CCC(=O)c1c(C)n(C(C)C2CCNC3CCCCC32)c2ccccc12.COc1cc(C)[nH]c(=O)c1CCC(=O)c1c(C)n(C(C)c2ccnc3ccccc23)c2ccccc12.[O]=[Pt]=[O]. The van der Waals surface area contributed by atoms with E-state index in [2.05, 4.69) is 86.6 Å². The molecule has 15 heteroatoms. The predicted octanol–water partition coefficient (Wildman–Crippen LogP) is 11.2. The summed E-state index contributed by atoms with van der Waals surface area (Å²) in [5.41, 5.74) is 9.83. The maximum absolute atomic E-state index is 13.7. The average molecular weight is 1200 g/mol. The van der Waals surface area contributed by atoms with Gasteiger partial charge in [0, 0.05) is 92.2 Å². The Labute approximate surface area is 445 Å². The van der Waals surface area contributed by atoms with Gasteiger partial charge in [-0.05, 0) is 134 Å². The summed E-state index contributed by atoms with van der Waals surface area (Å²) in [7, 11) is 3.11. The molecule has 6 heterocycles. The van der Waals surface area contributed by atoms with Crippen molar-refractivity contribution in [1.82, 2.24) is 29.4 Å². The second kappa shape index (κ2) is 24.3. The van der Waals surface area contributed by atoms with E-state index in [1.807, 2.05) is 75.5 Å². The number of aryl methyl sites for hydroxylation is 2. The molecule has 10 rings (SSSR count). The molecule has 14 nitrogen and oxygen atoms in total. The summed E-state index contributed by atoms with van der Waals surface area (Å²) >= 11 is -1.92. The number of rotatable bonds is 14. The van der Waals surface area contributed by atoms with Crippen molar-refractivity contribution in [2.24, 2.45) is 11.8 Å². The third kappa shape index (κ3) is 11.3. The summed E-state index contributed by atoms with van der Waals surface area (Å²) in [5, 5.41) is 6.83. The number of nitrogens with zero attached hydrogens (tertiary/aromatic N) is 3. The van der Waals surface area contributed by atoms with Gasteiger partial charge in [-0.1, -0.05) is 67.4 Å². The van der Waals surface area contributed by atoms with Crippen molar-refractivity contribution in [3.63, 3.8) is 0 Å². The van der Waals surface area contributed by atoms with Crippen LogP contribution in [-0.2, 0) is 38.1 Å². The van der Waals surface area contributed by atoms with Gasteiger partial charge in [0.25, 0.3) is 11.1 Å². The van der Waals surface area contributed by atoms with Gasteiger partial charge in [0.2, 0.25) is 0 Å². The van der Waals surface area contributed by atoms with E-state index in [9.17, 15) is 19.2 Å². The Hall–Kier alpha value is -6.76. The Morgan fingerprint density at radius 3 is 1.73 bits per heavy atom. The zero-order valence-corrected chi connectivity index (χ0v) is 46.4. The number of carbonyl (C=O) groups excluding carboxylic acids is 2. The Bertz CT molecular complexity index is 3540. The molecule has 1 aliphatic heterocycles. The van der Waals surface area contributed by atoms with Crippen LogP contribution in [-0.4, -0.2) is 62.5 Å². The van der Waals surface area contributed by atoms with Crippen LogP contribution in [0.3, 0.4) is 0 Å². The van der Waals surface area contributed by atoms with E-state index in [1.165, 1.54) is 32.1 Å². The van der Waals surface area contributed by atoms with Crippen LogP contribution < -0.4 is 25.9 Å². The molecule has 2 aliphatic rings. The number of benzene rings is 3. The number of carbonyl (C=O) groups is 2. The predicted molar refractivity (Wildman–Crippen MR) is 289 cm³/mol. The van der Waals surface area contributed by atoms with Crippen LogP contribution in [0.15, 0.2) is 107 Å². The molecule has 1 aliphatic carbocycles. The van der Waals surface area contributed by atoms with Gasteiger partial charge in [-0.2, -0.15) is 0 Å². The Morgan fingerprint density at radius 2 is 1.17 bits per heavy atom. The normalized spacial score (nSPS) is 17.1. The van der Waals surface area contributed by atoms with Gasteiger partial charge >= 0.3 is 25.3 Å². The van der Waals surface area contributed by atoms with Crippen LogP contribution in [0.25, 0.3) is 32.7 Å². The summed E-state index contributed by atoms with van der Waals surface area (Å²) < 4.78 is 32.5. The maximum atomic E-state index is 13.7. The number of piperidine rings is 1. The molecule has 2 fully saturated rings. The van der Waals surface area contributed by atoms with Gasteiger partial charge in [0.15, 0.2) is 11.6 Å². The van der Waals surface area contributed by atoms with Gasteiger partial charge in [-0.25, -0.2) is 0 Å². The molecule has 1 saturated heterocycles. The first-order valence-electron chi connectivity index (χ1n) is 25.9. The number of Topliss-reactive ketones (excluding diaryl/α,β-unsaturated/α-hetero) is 2. The number of ketones is 2. The minimum atomic E-state index is -1.92. The van der Waals surface area contributed by atoms with E-state index in [1.54, 1.807) is 20.3 Å². The number of aromatic amines is 2. The Kier molecular flexibility index (Phi) is 17.6. The van der Waals surface area contributed by atoms with Crippen molar-refractivity contribution in [2.45, 2.75) is 117 Å². The molecule has 0 bridgehead atoms. The van der Waals surface area contributed by atoms with Gasteiger partial charge in [-0.3, -0.25) is 24.2 Å². The second-order valence-electron chi connectivity index (χ2n) is 20.0. The number of aromatic nitrogens is 5. The quantitative estimate of drug-likeness (QED) is 0.0885. The van der Waals surface area contributed by atoms with Crippen LogP contribution in [0, 0.1) is 39.5 Å². The van der Waals surface area contributed by atoms with E-state index in [0.717, 1.165) is 73.2 Å². The molecule has 5 unspecified atom stereocenters. The summed E-state index contributed by atoms with van der Waals surface area (Å²) in [6.45, 7) is 13.3. The third-order valence-corrected chi connectivity index (χ3v) is 15.8. The Morgan fingerprint density at radius 1 is 0.680 bits per heavy atom. The fourth-order valence-electron chi connectivity index (χ4n) is 12.4. The second-order valence-corrected chi connectivity index (χ2v) is 20.4. The first-order valence-corrected chi connectivity index (χ1v) is 27.8. The number of H-pyrrole nitrogens is 2. The zero-order valence-electron chi connectivity index (χ0n) is 44.1. The van der Waals surface area contributed by atoms with Crippen LogP contribution in [0.2, 0.25) is 0 Å².